The maximum Gasteiger partial charge on any atom is 0.241 e. The average Bonchev–Trinajstić information content (AvgIpc) is 2.80. The average molecular weight is 494 g/mol. The van der Waals surface area contributed by atoms with Crippen molar-refractivity contribution in [3.05, 3.63) is 48.5 Å². The Balaban J connectivity index is 1.50. The summed E-state index contributed by atoms with van der Waals surface area (Å²) < 4.78 is 36.5. The largest absolute Gasteiger partial charge is 0.494 e. The number of thioether (sulfide) groups is 1. The lowest BCUT2D eigenvalue weighted by Crippen LogP contribution is -2.59. The van der Waals surface area contributed by atoms with E-state index in [1.807, 2.05) is 13.8 Å². The van der Waals surface area contributed by atoms with Gasteiger partial charge in [0.2, 0.25) is 11.8 Å². The number of anilines is 1. The van der Waals surface area contributed by atoms with Gasteiger partial charge in [0, 0.05) is 12.2 Å². The van der Waals surface area contributed by atoms with Crippen molar-refractivity contribution in [3.63, 3.8) is 0 Å². The predicted octanol–water partition coefficient (Wildman–Crippen LogP) is 2.00. The Bertz CT molecular complexity index is 1060. The van der Waals surface area contributed by atoms with E-state index in [2.05, 4.69) is 16.0 Å². The first-order valence-electron chi connectivity index (χ1n) is 10.5. The number of benzene rings is 2. The highest BCUT2D eigenvalue weighted by Gasteiger charge is 2.38. The molecule has 0 saturated carbocycles. The smallest absolute Gasteiger partial charge is 0.241 e. The molecule has 0 aliphatic carbocycles. The lowest BCUT2D eigenvalue weighted by atomic mass is 10.3. The number of carbonyl (C=O) groups excluding carboxylic acids is 2. The number of nitrogens with one attached hydrogen (secondary N) is 3. The predicted molar refractivity (Wildman–Crippen MR) is 127 cm³/mol. The molecule has 178 valence electrons. The number of carbonyl (C=O) groups is 2. The third-order valence-electron chi connectivity index (χ3n) is 4.72. The monoisotopic (exact) mass is 493 g/mol. The van der Waals surface area contributed by atoms with Crippen LogP contribution in [0, 0.1) is 0 Å². The van der Waals surface area contributed by atoms with Crippen LogP contribution in [0.25, 0.3) is 0 Å². The van der Waals surface area contributed by atoms with Gasteiger partial charge in [-0.05, 0) is 62.4 Å². The highest BCUT2D eigenvalue weighted by molar-refractivity contribution is 8.00. The fourth-order valence-electron chi connectivity index (χ4n) is 3.14. The number of rotatable bonds is 10. The SMILES string of the molecule is CCOc1ccc(NC(=O)CSC2NCC(S(=O)(=O)c3ccc(OCC)cc3)C(=O)N2)cc1. The van der Waals surface area contributed by atoms with Gasteiger partial charge in [0.25, 0.3) is 0 Å². The zero-order valence-electron chi connectivity index (χ0n) is 18.4. The number of hydrogen-bond acceptors (Lipinski definition) is 8. The standard InChI is InChI=1S/C22H27N3O6S2/c1-3-30-16-7-5-15(6-8-16)24-20(26)14-32-22-23-13-19(21(27)25-22)33(28,29)18-11-9-17(10-12-18)31-4-2/h5-12,19,22-23H,3-4,13-14H2,1-2H3,(H,24,26)(H,25,27). The Hall–Kier alpha value is -2.76. The Kier molecular flexibility index (Phi) is 8.59. The van der Waals surface area contributed by atoms with Gasteiger partial charge in [-0.25, -0.2) is 8.42 Å². The summed E-state index contributed by atoms with van der Waals surface area (Å²) in [5.74, 6) is 0.495. The van der Waals surface area contributed by atoms with Gasteiger partial charge in [-0.15, -0.1) is 11.8 Å². The summed E-state index contributed by atoms with van der Waals surface area (Å²) in [4.78, 5) is 24.8. The van der Waals surface area contributed by atoms with Crippen molar-refractivity contribution >= 4 is 39.1 Å². The van der Waals surface area contributed by atoms with Crippen LogP contribution in [0.1, 0.15) is 13.8 Å². The quantitative estimate of drug-likeness (QED) is 0.459. The molecule has 0 spiro atoms. The molecule has 11 heteroatoms. The van der Waals surface area contributed by atoms with Crippen LogP contribution >= 0.6 is 11.8 Å². The topological polar surface area (TPSA) is 123 Å². The van der Waals surface area contributed by atoms with E-state index in [1.165, 1.54) is 12.1 Å². The molecule has 1 heterocycles. The first-order valence-corrected chi connectivity index (χ1v) is 13.1. The first-order chi connectivity index (χ1) is 15.8. The fraction of sp³-hybridized carbons (Fsp3) is 0.364. The van der Waals surface area contributed by atoms with Crippen molar-refractivity contribution in [1.29, 1.82) is 0 Å². The van der Waals surface area contributed by atoms with Crippen molar-refractivity contribution in [1.82, 2.24) is 10.6 Å². The van der Waals surface area contributed by atoms with Crippen molar-refractivity contribution in [3.8, 4) is 11.5 Å². The van der Waals surface area contributed by atoms with Crippen molar-refractivity contribution in [2.24, 2.45) is 0 Å². The Morgan fingerprint density at radius 3 is 2.15 bits per heavy atom. The highest BCUT2D eigenvalue weighted by Crippen LogP contribution is 2.22. The summed E-state index contributed by atoms with van der Waals surface area (Å²) in [5.41, 5.74) is 0.0570. The normalized spacial score (nSPS) is 18.3. The minimum Gasteiger partial charge on any atom is -0.494 e. The number of ether oxygens (including phenoxy) is 2. The van der Waals surface area contributed by atoms with Gasteiger partial charge < -0.3 is 20.1 Å². The van der Waals surface area contributed by atoms with Crippen LogP contribution in [-0.2, 0) is 19.4 Å². The summed E-state index contributed by atoms with van der Waals surface area (Å²) in [6.07, 6.45) is 0. The molecule has 2 aromatic rings. The summed E-state index contributed by atoms with van der Waals surface area (Å²) in [6.45, 7) is 4.70. The van der Waals surface area contributed by atoms with Crippen LogP contribution in [0.5, 0.6) is 11.5 Å². The molecule has 1 aliphatic heterocycles. The van der Waals surface area contributed by atoms with Gasteiger partial charge in [0.05, 0.1) is 23.9 Å². The number of sulfone groups is 1. The maximum absolute atomic E-state index is 12.9. The lowest BCUT2D eigenvalue weighted by Gasteiger charge is -2.29. The van der Waals surface area contributed by atoms with Crippen molar-refractivity contribution in [2.45, 2.75) is 29.5 Å². The van der Waals surface area contributed by atoms with Crippen LogP contribution in [0.15, 0.2) is 53.4 Å². The van der Waals surface area contributed by atoms with E-state index in [0.29, 0.717) is 30.4 Å². The fourth-order valence-corrected chi connectivity index (χ4v) is 5.46. The van der Waals surface area contributed by atoms with Gasteiger partial charge in [0.1, 0.15) is 17.0 Å². The molecule has 2 amide bonds. The van der Waals surface area contributed by atoms with Gasteiger partial charge >= 0.3 is 0 Å². The summed E-state index contributed by atoms with van der Waals surface area (Å²) in [6, 6.07) is 13.0. The van der Waals surface area contributed by atoms with E-state index in [0.717, 1.165) is 11.8 Å². The highest BCUT2D eigenvalue weighted by atomic mass is 32.2. The van der Waals surface area contributed by atoms with E-state index in [4.69, 9.17) is 9.47 Å². The molecule has 33 heavy (non-hydrogen) atoms. The molecule has 1 fully saturated rings. The second-order valence-electron chi connectivity index (χ2n) is 7.05. The molecular formula is C22H27N3O6S2. The molecule has 0 radical (unpaired) electrons. The van der Waals surface area contributed by atoms with Crippen LogP contribution in [0.3, 0.4) is 0 Å². The zero-order chi connectivity index (χ0) is 23.8. The van der Waals surface area contributed by atoms with Crippen LogP contribution in [0.4, 0.5) is 5.69 Å². The van der Waals surface area contributed by atoms with Gasteiger partial charge in [0.15, 0.2) is 15.1 Å². The number of amides is 2. The van der Waals surface area contributed by atoms with Crippen LogP contribution in [-0.4, -0.2) is 56.5 Å². The summed E-state index contributed by atoms with van der Waals surface area (Å²) >= 11 is 1.16. The molecule has 2 unspecified atom stereocenters. The molecule has 1 saturated heterocycles. The van der Waals surface area contributed by atoms with Gasteiger partial charge in [-0.2, -0.15) is 0 Å². The second-order valence-corrected chi connectivity index (χ2v) is 10.3. The molecule has 2 aromatic carbocycles. The minimum absolute atomic E-state index is 0.0498. The molecule has 1 aliphatic rings. The molecule has 0 bridgehead atoms. The second kappa shape index (κ2) is 11.4. The Labute approximate surface area is 197 Å². The molecular weight excluding hydrogens is 466 g/mol. The minimum atomic E-state index is -3.87. The lowest BCUT2D eigenvalue weighted by molar-refractivity contribution is -0.122. The zero-order valence-corrected chi connectivity index (χ0v) is 20.0. The maximum atomic E-state index is 12.9. The molecule has 2 atom stereocenters. The van der Waals surface area contributed by atoms with E-state index in [-0.39, 0.29) is 23.1 Å². The molecule has 3 rings (SSSR count). The third-order valence-corrected chi connectivity index (χ3v) is 7.83. The van der Waals surface area contributed by atoms with E-state index in [9.17, 15) is 18.0 Å². The summed E-state index contributed by atoms with van der Waals surface area (Å²) in [7, 11) is -3.87. The molecule has 0 aromatic heterocycles. The van der Waals surface area contributed by atoms with E-state index in [1.54, 1.807) is 36.4 Å². The van der Waals surface area contributed by atoms with Crippen molar-refractivity contribution in [2.75, 3.05) is 30.8 Å². The van der Waals surface area contributed by atoms with E-state index < -0.39 is 26.5 Å². The van der Waals surface area contributed by atoms with Crippen molar-refractivity contribution < 1.29 is 27.5 Å². The van der Waals surface area contributed by atoms with Crippen LogP contribution in [0.2, 0.25) is 0 Å². The molecule has 9 nitrogen and oxygen atoms in total. The van der Waals surface area contributed by atoms with Gasteiger partial charge in [-0.3, -0.25) is 14.9 Å². The third kappa shape index (κ3) is 6.62. The van der Waals surface area contributed by atoms with Gasteiger partial charge in [-0.1, -0.05) is 0 Å². The van der Waals surface area contributed by atoms with E-state index >= 15 is 0 Å². The Morgan fingerprint density at radius 1 is 1.03 bits per heavy atom. The Morgan fingerprint density at radius 2 is 1.61 bits per heavy atom. The van der Waals surface area contributed by atoms with Crippen LogP contribution < -0.4 is 25.4 Å². The summed E-state index contributed by atoms with van der Waals surface area (Å²) in [5, 5.41) is 7.11. The first kappa shape index (κ1) is 24.9. The molecule has 3 N–H and O–H groups in total. The number of hydrogen-bond donors (Lipinski definition) is 3.